The van der Waals surface area contributed by atoms with Gasteiger partial charge in [-0.15, -0.1) is 0 Å². The zero-order valence-corrected chi connectivity index (χ0v) is 8.70. The van der Waals surface area contributed by atoms with Crippen LogP contribution in [0.3, 0.4) is 0 Å². The molecule has 0 bridgehead atoms. The van der Waals surface area contributed by atoms with Gasteiger partial charge in [-0.25, -0.2) is 9.69 Å². The highest BCUT2D eigenvalue weighted by Gasteiger charge is 2.31. The van der Waals surface area contributed by atoms with E-state index in [2.05, 4.69) is 0 Å². The van der Waals surface area contributed by atoms with Gasteiger partial charge in [0.15, 0.2) is 0 Å². The molecule has 0 radical (unpaired) electrons. The third kappa shape index (κ3) is 1.38. The molecule has 15 heavy (non-hydrogen) atoms. The second kappa shape index (κ2) is 3.08. The largest absolute Gasteiger partial charge is 0.351 e. The summed E-state index contributed by atoms with van der Waals surface area (Å²) in [6.07, 6.45) is 0.263. The molecule has 1 aromatic carbocycles. The molecular weight excluding hydrogens is 192 g/mol. The van der Waals surface area contributed by atoms with Crippen molar-refractivity contribution in [2.75, 3.05) is 4.90 Å². The Morgan fingerprint density at radius 3 is 2.53 bits per heavy atom. The number of urea groups is 1. The number of hydrogen-bond acceptors (Lipinski definition) is 2. The van der Waals surface area contributed by atoms with Crippen LogP contribution < -0.4 is 10.6 Å². The van der Waals surface area contributed by atoms with Crippen LogP contribution in [-0.2, 0) is 11.2 Å². The highest BCUT2D eigenvalue weighted by molar-refractivity contribution is 6.18. The number of nitrogens with zero attached hydrogens (tertiary/aromatic N) is 1. The number of benzene rings is 1. The number of nitrogens with two attached hydrogens (primary N) is 1. The van der Waals surface area contributed by atoms with Crippen molar-refractivity contribution in [1.29, 1.82) is 0 Å². The minimum atomic E-state index is -0.706. The molecule has 0 spiro atoms. The zero-order valence-electron chi connectivity index (χ0n) is 8.70. The lowest BCUT2D eigenvalue weighted by Crippen LogP contribution is -2.38. The highest BCUT2D eigenvalue weighted by Crippen LogP contribution is 2.31. The third-order valence-corrected chi connectivity index (χ3v) is 2.75. The van der Waals surface area contributed by atoms with Crippen LogP contribution in [0.15, 0.2) is 12.1 Å². The first-order valence-electron chi connectivity index (χ1n) is 4.73. The molecule has 1 aliphatic rings. The van der Waals surface area contributed by atoms with E-state index >= 15 is 0 Å². The minimum Gasteiger partial charge on any atom is -0.351 e. The molecule has 0 atom stereocenters. The Labute approximate surface area is 87.7 Å². The second-order valence-electron chi connectivity index (χ2n) is 3.81. The number of primary amides is 1. The van der Waals surface area contributed by atoms with Gasteiger partial charge in [-0.1, -0.05) is 6.07 Å². The zero-order chi connectivity index (χ0) is 11.2. The normalized spacial score (nSPS) is 14.3. The van der Waals surface area contributed by atoms with Crippen LogP contribution in [0.2, 0.25) is 0 Å². The topological polar surface area (TPSA) is 63.4 Å². The number of imide groups is 1. The van der Waals surface area contributed by atoms with Gasteiger partial charge in [0.05, 0.1) is 12.1 Å². The summed E-state index contributed by atoms with van der Waals surface area (Å²) >= 11 is 0. The van der Waals surface area contributed by atoms with Gasteiger partial charge in [0.25, 0.3) is 0 Å². The molecule has 0 saturated carbocycles. The summed E-state index contributed by atoms with van der Waals surface area (Å²) in [5, 5.41) is 0. The van der Waals surface area contributed by atoms with Crippen molar-refractivity contribution < 1.29 is 9.59 Å². The van der Waals surface area contributed by atoms with Crippen molar-refractivity contribution >= 4 is 17.6 Å². The van der Waals surface area contributed by atoms with Crippen LogP contribution in [0.25, 0.3) is 0 Å². The lowest BCUT2D eigenvalue weighted by Gasteiger charge is -2.13. The molecule has 3 amide bonds. The highest BCUT2D eigenvalue weighted by atomic mass is 16.2. The van der Waals surface area contributed by atoms with E-state index in [9.17, 15) is 9.59 Å². The number of carbonyl (C=O) groups is 2. The molecule has 0 fully saturated rings. The van der Waals surface area contributed by atoms with Crippen molar-refractivity contribution in [1.82, 2.24) is 0 Å². The summed E-state index contributed by atoms with van der Waals surface area (Å²) in [6.45, 7) is 3.92. The molecule has 0 unspecified atom stereocenters. The van der Waals surface area contributed by atoms with E-state index in [0.29, 0.717) is 5.69 Å². The van der Waals surface area contributed by atoms with E-state index in [0.717, 1.165) is 21.6 Å². The van der Waals surface area contributed by atoms with Crippen molar-refractivity contribution in [2.24, 2.45) is 5.73 Å². The standard InChI is InChI=1S/C11H12N2O2/c1-6-3-8-5-10(14)13(11(12)15)9(8)4-7(6)2/h3-4H,5H2,1-2H3,(H2,12,15). The van der Waals surface area contributed by atoms with Crippen molar-refractivity contribution in [2.45, 2.75) is 20.3 Å². The molecule has 4 heteroatoms. The fourth-order valence-electron chi connectivity index (χ4n) is 1.83. The first kappa shape index (κ1) is 9.71. The average Bonchev–Trinajstić information content (AvgIpc) is 2.41. The van der Waals surface area contributed by atoms with Gasteiger partial charge < -0.3 is 5.73 Å². The van der Waals surface area contributed by atoms with Crippen LogP contribution in [0.1, 0.15) is 16.7 Å². The summed E-state index contributed by atoms with van der Waals surface area (Å²) in [4.78, 5) is 23.7. The van der Waals surface area contributed by atoms with Gasteiger partial charge in [-0.2, -0.15) is 0 Å². The van der Waals surface area contributed by atoms with E-state index in [-0.39, 0.29) is 12.3 Å². The monoisotopic (exact) mass is 204 g/mol. The summed E-state index contributed by atoms with van der Waals surface area (Å²) < 4.78 is 0. The molecule has 0 aromatic heterocycles. The lowest BCUT2D eigenvalue weighted by molar-refractivity contribution is -0.116. The Morgan fingerprint density at radius 2 is 1.93 bits per heavy atom. The molecule has 4 nitrogen and oxygen atoms in total. The summed E-state index contributed by atoms with van der Waals surface area (Å²) in [7, 11) is 0. The lowest BCUT2D eigenvalue weighted by atomic mass is 10.0. The van der Waals surface area contributed by atoms with E-state index in [1.54, 1.807) is 0 Å². The smallest absolute Gasteiger partial charge is 0.326 e. The quantitative estimate of drug-likeness (QED) is 0.691. The van der Waals surface area contributed by atoms with Crippen LogP contribution in [0, 0.1) is 13.8 Å². The maximum Gasteiger partial charge on any atom is 0.326 e. The van der Waals surface area contributed by atoms with E-state index < -0.39 is 6.03 Å². The van der Waals surface area contributed by atoms with Gasteiger partial charge in [-0.05, 0) is 36.6 Å². The van der Waals surface area contributed by atoms with Crippen LogP contribution in [-0.4, -0.2) is 11.9 Å². The van der Waals surface area contributed by atoms with Gasteiger partial charge in [0.2, 0.25) is 5.91 Å². The SMILES string of the molecule is Cc1cc2c(cc1C)N(C(N)=O)C(=O)C2. The fraction of sp³-hybridized carbons (Fsp3) is 0.273. The Balaban J connectivity index is 2.59. The average molecular weight is 204 g/mol. The molecule has 2 N–H and O–H groups in total. The number of anilines is 1. The molecule has 78 valence electrons. The number of fused-ring (bicyclic) bond motifs is 1. The molecule has 1 heterocycles. The maximum absolute atomic E-state index is 11.5. The number of rotatable bonds is 0. The van der Waals surface area contributed by atoms with Crippen molar-refractivity contribution in [3.63, 3.8) is 0 Å². The first-order chi connectivity index (χ1) is 7.00. The number of hydrogen-bond donors (Lipinski definition) is 1. The Kier molecular flexibility index (Phi) is 2.00. The Morgan fingerprint density at radius 1 is 1.33 bits per heavy atom. The second-order valence-corrected chi connectivity index (χ2v) is 3.81. The van der Waals surface area contributed by atoms with E-state index in [1.807, 2.05) is 26.0 Å². The summed E-state index contributed by atoms with van der Waals surface area (Å²) in [5.74, 6) is -0.248. The van der Waals surface area contributed by atoms with Crippen LogP contribution in [0.5, 0.6) is 0 Å². The Bertz CT molecular complexity index is 466. The summed E-state index contributed by atoms with van der Waals surface area (Å²) in [6, 6.07) is 3.06. The molecule has 1 aromatic rings. The minimum absolute atomic E-state index is 0.248. The van der Waals surface area contributed by atoms with Gasteiger partial charge >= 0.3 is 6.03 Å². The van der Waals surface area contributed by atoms with E-state index in [4.69, 9.17) is 5.73 Å². The van der Waals surface area contributed by atoms with Crippen molar-refractivity contribution in [3.05, 3.63) is 28.8 Å². The Hall–Kier alpha value is -1.84. The molecule has 2 rings (SSSR count). The summed E-state index contributed by atoms with van der Waals surface area (Å²) in [5.41, 5.74) is 8.84. The number of aryl methyl sites for hydroxylation is 2. The van der Waals surface area contributed by atoms with Crippen LogP contribution >= 0.6 is 0 Å². The van der Waals surface area contributed by atoms with Crippen LogP contribution in [0.4, 0.5) is 10.5 Å². The molecular formula is C11H12N2O2. The molecule has 1 aliphatic heterocycles. The van der Waals surface area contributed by atoms with E-state index in [1.165, 1.54) is 0 Å². The van der Waals surface area contributed by atoms with Crippen molar-refractivity contribution in [3.8, 4) is 0 Å². The molecule has 0 saturated heterocycles. The number of carbonyl (C=O) groups excluding carboxylic acids is 2. The predicted molar refractivity (Wildman–Crippen MR) is 56.7 cm³/mol. The maximum atomic E-state index is 11.5. The third-order valence-electron chi connectivity index (χ3n) is 2.75. The molecule has 0 aliphatic carbocycles. The van der Waals surface area contributed by atoms with Gasteiger partial charge in [0.1, 0.15) is 0 Å². The fourth-order valence-corrected chi connectivity index (χ4v) is 1.83. The van der Waals surface area contributed by atoms with Gasteiger partial charge in [-0.3, -0.25) is 4.79 Å². The number of amides is 3. The van der Waals surface area contributed by atoms with Gasteiger partial charge in [0, 0.05) is 0 Å². The predicted octanol–water partition coefficient (Wildman–Crippen LogP) is 1.27. The first-order valence-corrected chi connectivity index (χ1v) is 4.73.